The molecule has 0 aromatic heterocycles. The standard InChI is InChI=1S/C8H13NO.3CHNO/c1-7-2-4-8(5-3-7)9-6-10;3*2-1-3/h7-8H,2-5H2,1H3;3*2H. The van der Waals surface area contributed by atoms with Crippen LogP contribution in [0.1, 0.15) is 32.6 Å². The van der Waals surface area contributed by atoms with Gasteiger partial charge in [-0.2, -0.15) is 0 Å². The Kier molecular flexibility index (Phi) is 23.9. The summed E-state index contributed by atoms with van der Waals surface area (Å²) >= 11 is 0. The van der Waals surface area contributed by atoms with Crippen LogP contribution < -0.4 is 0 Å². The molecule has 0 aromatic rings. The van der Waals surface area contributed by atoms with E-state index in [1.807, 2.05) is 0 Å². The molecule has 0 amide bonds. The van der Waals surface area contributed by atoms with E-state index in [0.29, 0.717) is 0 Å². The van der Waals surface area contributed by atoms with Crippen LogP contribution in [-0.2, 0) is 19.2 Å². The molecule has 0 bridgehead atoms. The summed E-state index contributed by atoms with van der Waals surface area (Å²) in [5, 5.41) is 16.2. The fourth-order valence-electron chi connectivity index (χ4n) is 1.45. The predicted molar refractivity (Wildman–Crippen MR) is 64.8 cm³/mol. The zero-order valence-electron chi connectivity index (χ0n) is 10.6. The van der Waals surface area contributed by atoms with Crippen molar-refractivity contribution in [3.8, 4) is 0 Å². The molecule has 0 unspecified atom stereocenters. The third kappa shape index (κ3) is 25.6. The number of aliphatic imine (C=N–C) groups is 1. The Morgan fingerprint density at radius 2 is 1.16 bits per heavy atom. The molecule has 104 valence electrons. The van der Waals surface area contributed by atoms with Crippen molar-refractivity contribution in [3.05, 3.63) is 0 Å². The van der Waals surface area contributed by atoms with Gasteiger partial charge in [-0.05, 0) is 31.6 Å². The van der Waals surface area contributed by atoms with Gasteiger partial charge in [0.2, 0.25) is 24.3 Å². The van der Waals surface area contributed by atoms with E-state index >= 15 is 0 Å². The van der Waals surface area contributed by atoms with Crippen LogP contribution in [0.3, 0.4) is 0 Å². The minimum absolute atomic E-state index is 0.286. The van der Waals surface area contributed by atoms with Gasteiger partial charge in [0.1, 0.15) is 0 Å². The highest BCUT2D eigenvalue weighted by atomic mass is 16.1. The second-order valence-corrected chi connectivity index (χ2v) is 3.44. The maximum atomic E-state index is 9.86. The normalized spacial score (nSPS) is 18.6. The van der Waals surface area contributed by atoms with Gasteiger partial charge >= 0.3 is 0 Å². The van der Waals surface area contributed by atoms with Crippen molar-refractivity contribution >= 4 is 24.3 Å². The van der Waals surface area contributed by atoms with Crippen LogP contribution in [0.4, 0.5) is 0 Å². The van der Waals surface area contributed by atoms with E-state index in [9.17, 15) is 4.79 Å². The summed E-state index contributed by atoms with van der Waals surface area (Å²) < 4.78 is 0. The first-order valence-electron chi connectivity index (χ1n) is 5.26. The van der Waals surface area contributed by atoms with Crippen LogP contribution in [0.15, 0.2) is 4.99 Å². The zero-order valence-corrected chi connectivity index (χ0v) is 10.6. The smallest absolute Gasteiger partial charge is 0.222 e. The van der Waals surface area contributed by atoms with E-state index in [1.54, 1.807) is 6.08 Å². The molecule has 0 spiro atoms. The van der Waals surface area contributed by atoms with Crippen LogP contribution in [0, 0.1) is 22.1 Å². The van der Waals surface area contributed by atoms with Crippen LogP contribution >= 0.6 is 0 Å². The molecule has 8 nitrogen and oxygen atoms in total. The lowest BCUT2D eigenvalue weighted by Crippen LogP contribution is -2.14. The molecule has 0 aromatic carbocycles. The fourth-order valence-corrected chi connectivity index (χ4v) is 1.45. The lowest BCUT2D eigenvalue weighted by atomic mass is 9.88. The van der Waals surface area contributed by atoms with Gasteiger partial charge in [-0.15, -0.1) is 0 Å². The van der Waals surface area contributed by atoms with Gasteiger partial charge in [0.15, 0.2) is 0 Å². The Hall–Kier alpha value is -2.48. The summed E-state index contributed by atoms with van der Waals surface area (Å²) in [5.41, 5.74) is 0. The second kappa shape index (κ2) is 20.9. The van der Waals surface area contributed by atoms with Crippen LogP contribution in [0.5, 0.6) is 0 Å². The molecule has 3 N–H and O–H groups in total. The van der Waals surface area contributed by atoms with E-state index in [-0.39, 0.29) is 6.04 Å². The molecule has 19 heavy (non-hydrogen) atoms. The highest BCUT2D eigenvalue weighted by Gasteiger charge is 2.16. The van der Waals surface area contributed by atoms with Gasteiger partial charge in [0, 0.05) is 0 Å². The van der Waals surface area contributed by atoms with Gasteiger partial charge in [-0.25, -0.2) is 40.4 Å². The molecular weight excluding hydrogens is 252 g/mol. The SMILES string of the molecule is CC1CCC(N=C=O)CC1.N=C=O.N=C=O.N=C=O. The van der Waals surface area contributed by atoms with Gasteiger partial charge in [-0.1, -0.05) is 6.92 Å². The molecule has 8 heteroatoms. The van der Waals surface area contributed by atoms with Gasteiger partial charge in [0.05, 0.1) is 6.04 Å². The third-order valence-electron chi connectivity index (χ3n) is 2.22. The average Bonchev–Trinajstić information content (AvgIpc) is 2.35. The van der Waals surface area contributed by atoms with Crippen molar-refractivity contribution in [1.82, 2.24) is 0 Å². The number of hydrogen-bond acceptors (Lipinski definition) is 8. The molecule has 1 rings (SSSR count). The van der Waals surface area contributed by atoms with Gasteiger partial charge < -0.3 is 0 Å². The molecule has 0 aliphatic heterocycles. The number of nitrogens with zero attached hydrogens (tertiary/aromatic N) is 1. The lowest BCUT2D eigenvalue weighted by Gasteiger charge is -2.21. The summed E-state index contributed by atoms with van der Waals surface area (Å²) in [6.07, 6.45) is 8.47. The first-order chi connectivity index (χ1) is 9.07. The molecular formula is C11H16N4O4. The monoisotopic (exact) mass is 268 g/mol. The van der Waals surface area contributed by atoms with E-state index in [4.69, 9.17) is 30.6 Å². The summed E-state index contributed by atoms with van der Waals surface area (Å²) in [6.45, 7) is 2.25. The van der Waals surface area contributed by atoms with Crippen LogP contribution in [0.2, 0.25) is 0 Å². The Bertz CT molecular complexity index is 322. The number of nitrogens with one attached hydrogen (secondary N) is 3. The highest BCUT2D eigenvalue weighted by Crippen LogP contribution is 2.24. The van der Waals surface area contributed by atoms with Crippen molar-refractivity contribution in [2.24, 2.45) is 10.9 Å². The van der Waals surface area contributed by atoms with Gasteiger partial charge in [0.25, 0.3) is 0 Å². The minimum Gasteiger partial charge on any atom is -0.222 e. The number of isocyanates is 4. The molecule has 0 radical (unpaired) electrons. The molecule has 0 saturated heterocycles. The number of hydrogen-bond donors (Lipinski definition) is 3. The van der Waals surface area contributed by atoms with Crippen molar-refractivity contribution in [2.45, 2.75) is 38.6 Å². The molecule has 0 atom stereocenters. The van der Waals surface area contributed by atoms with Crippen LogP contribution in [0.25, 0.3) is 0 Å². The molecule has 1 aliphatic carbocycles. The number of carbonyl (C=O) groups excluding carboxylic acids is 4. The van der Waals surface area contributed by atoms with Crippen molar-refractivity contribution in [1.29, 1.82) is 16.2 Å². The topological polar surface area (TPSA) is 152 Å². The molecule has 0 heterocycles. The van der Waals surface area contributed by atoms with E-state index in [0.717, 1.165) is 37.0 Å². The lowest BCUT2D eigenvalue weighted by molar-refractivity contribution is 0.348. The molecule has 1 aliphatic rings. The highest BCUT2D eigenvalue weighted by molar-refractivity contribution is 5.33. The molecule has 1 saturated carbocycles. The van der Waals surface area contributed by atoms with E-state index in [2.05, 4.69) is 11.9 Å². The average molecular weight is 268 g/mol. The predicted octanol–water partition coefficient (Wildman–Crippen LogP) is 1.60. The first-order valence-corrected chi connectivity index (χ1v) is 5.26. The van der Waals surface area contributed by atoms with Gasteiger partial charge in [-0.3, -0.25) is 0 Å². The van der Waals surface area contributed by atoms with Crippen molar-refractivity contribution < 1.29 is 19.2 Å². The van der Waals surface area contributed by atoms with Crippen LogP contribution in [-0.4, -0.2) is 30.4 Å². The Labute approximate surface area is 110 Å². The van der Waals surface area contributed by atoms with Crippen molar-refractivity contribution in [2.75, 3.05) is 0 Å². The maximum Gasteiger partial charge on any atom is 0.235 e. The Morgan fingerprint density at radius 1 is 0.842 bits per heavy atom. The Balaban J connectivity index is -0.000000238. The maximum absolute atomic E-state index is 9.86. The third-order valence-corrected chi connectivity index (χ3v) is 2.22. The second-order valence-electron chi connectivity index (χ2n) is 3.44. The zero-order chi connectivity index (χ0) is 15.5. The summed E-state index contributed by atoms with van der Waals surface area (Å²) in [5.74, 6) is 0.832. The summed E-state index contributed by atoms with van der Waals surface area (Å²) in [6, 6.07) is 0.286. The van der Waals surface area contributed by atoms with E-state index < -0.39 is 0 Å². The number of rotatable bonds is 1. The summed E-state index contributed by atoms with van der Waals surface area (Å²) in [7, 11) is 0. The quantitative estimate of drug-likeness (QED) is 0.488. The Morgan fingerprint density at radius 3 is 1.42 bits per heavy atom. The largest absolute Gasteiger partial charge is 0.235 e. The minimum atomic E-state index is 0.286. The summed E-state index contributed by atoms with van der Waals surface area (Å²) in [4.78, 5) is 38.6. The van der Waals surface area contributed by atoms with E-state index in [1.165, 1.54) is 12.8 Å². The first kappa shape index (κ1) is 21.8. The molecule has 1 fully saturated rings. The fraction of sp³-hybridized carbons (Fsp3) is 0.636. The van der Waals surface area contributed by atoms with Crippen molar-refractivity contribution in [3.63, 3.8) is 0 Å².